The number of hydrogen-bond donors (Lipinski definition) is 2. The number of nitrogens with one attached hydrogen (secondary N) is 2. The third kappa shape index (κ3) is 6.17. The molecule has 3 rings (SSSR count). The summed E-state index contributed by atoms with van der Waals surface area (Å²) < 4.78 is 0. The van der Waals surface area contributed by atoms with E-state index in [2.05, 4.69) is 15.6 Å². The summed E-state index contributed by atoms with van der Waals surface area (Å²) in [5, 5.41) is 7.89. The second kappa shape index (κ2) is 10.2. The molecule has 0 aliphatic rings. The average Bonchev–Trinajstić information content (AvgIpc) is 3.12. The molecule has 1 unspecified atom stereocenters. The molecule has 0 spiro atoms. The number of aromatic nitrogens is 1. The molecule has 150 valence electrons. The first-order valence-electron chi connectivity index (χ1n) is 9.39. The van der Waals surface area contributed by atoms with Crippen LogP contribution in [0.15, 0.2) is 64.9 Å². The molecule has 2 amide bonds. The van der Waals surface area contributed by atoms with Crippen LogP contribution in [0.2, 0.25) is 0 Å². The van der Waals surface area contributed by atoms with Crippen molar-refractivity contribution in [2.75, 3.05) is 10.6 Å². The van der Waals surface area contributed by atoms with E-state index in [0.717, 1.165) is 28.3 Å². The smallest absolute Gasteiger partial charge is 0.244 e. The molecular weight excluding hydrogens is 402 g/mol. The minimum absolute atomic E-state index is 0.00758. The van der Waals surface area contributed by atoms with Crippen molar-refractivity contribution in [3.63, 3.8) is 0 Å². The van der Waals surface area contributed by atoms with Crippen LogP contribution in [0, 0.1) is 6.92 Å². The lowest BCUT2D eigenvalue weighted by molar-refractivity contribution is -0.116. The van der Waals surface area contributed by atoms with Crippen molar-refractivity contribution in [2.24, 2.45) is 0 Å². The highest BCUT2D eigenvalue weighted by Crippen LogP contribution is 2.37. The molecule has 5 nitrogen and oxygen atoms in total. The van der Waals surface area contributed by atoms with Gasteiger partial charge in [0, 0.05) is 22.4 Å². The van der Waals surface area contributed by atoms with E-state index in [1.54, 1.807) is 0 Å². The number of carbonyl (C=O) groups excluding carboxylic acids is 2. The first-order valence-corrected chi connectivity index (χ1v) is 11.2. The number of thioether (sulfide) groups is 1. The zero-order chi connectivity index (χ0) is 20.6. The predicted octanol–water partition coefficient (Wildman–Crippen LogP) is 5.66. The minimum Gasteiger partial charge on any atom is -0.326 e. The summed E-state index contributed by atoms with van der Waals surface area (Å²) in [6.07, 6.45) is 1.31. The number of hydrogen-bond acceptors (Lipinski definition) is 5. The monoisotopic (exact) mass is 425 g/mol. The van der Waals surface area contributed by atoms with E-state index < -0.39 is 5.25 Å². The molecule has 0 aliphatic heterocycles. The van der Waals surface area contributed by atoms with Gasteiger partial charge in [0.2, 0.25) is 11.8 Å². The fourth-order valence-corrected chi connectivity index (χ4v) is 4.40. The van der Waals surface area contributed by atoms with E-state index in [1.165, 1.54) is 23.1 Å². The molecule has 2 aromatic carbocycles. The Kier molecular flexibility index (Phi) is 7.43. The van der Waals surface area contributed by atoms with E-state index >= 15 is 0 Å². The number of benzene rings is 2. The van der Waals surface area contributed by atoms with Crippen LogP contribution in [-0.2, 0) is 9.59 Å². The van der Waals surface area contributed by atoms with Crippen LogP contribution in [0.4, 0.5) is 10.8 Å². The summed E-state index contributed by atoms with van der Waals surface area (Å²) in [5.41, 5.74) is 2.56. The Labute approximate surface area is 179 Å². The van der Waals surface area contributed by atoms with Crippen molar-refractivity contribution in [3.05, 3.63) is 71.2 Å². The van der Waals surface area contributed by atoms with Gasteiger partial charge in [0.05, 0.1) is 5.69 Å². The maximum atomic E-state index is 13.0. The Morgan fingerprint density at radius 3 is 2.41 bits per heavy atom. The van der Waals surface area contributed by atoms with Crippen LogP contribution in [0.25, 0.3) is 0 Å². The maximum Gasteiger partial charge on any atom is 0.244 e. The van der Waals surface area contributed by atoms with Crippen molar-refractivity contribution in [1.29, 1.82) is 0 Å². The number of aryl methyl sites for hydroxylation is 1. The van der Waals surface area contributed by atoms with E-state index in [-0.39, 0.29) is 11.8 Å². The molecule has 0 saturated carbocycles. The molecular formula is C22H23N3O2S2. The highest BCUT2D eigenvalue weighted by molar-refractivity contribution is 8.00. The predicted molar refractivity (Wildman–Crippen MR) is 121 cm³/mol. The van der Waals surface area contributed by atoms with Crippen molar-refractivity contribution >= 4 is 45.7 Å². The number of nitrogens with zero attached hydrogens (tertiary/aromatic N) is 1. The molecule has 0 fully saturated rings. The number of amides is 2. The second-order valence-electron chi connectivity index (χ2n) is 6.51. The highest BCUT2D eigenvalue weighted by Gasteiger charge is 2.23. The highest BCUT2D eigenvalue weighted by atomic mass is 32.2. The normalized spacial score (nSPS) is 11.7. The van der Waals surface area contributed by atoms with Gasteiger partial charge in [-0.2, -0.15) is 0 Å². The van der Waals surface area contributed by atoms with E-state index in [4.69, 9.17) is 0 Å². The van der Waals surface area contributed by atoms with Gasteiger partial charge < -0.3 is 10.6 Å². The molecule has 3 aromatic rings. The fourth-order valence-electron chi connectivity index (χ4n) is 2.69. The molecule has 0 bridgehead atoms. The Morgan fingerprint density at radius 2 is 1.79 bits per heavy atom. The van der Waals surface area contributed by atoms with Gasteiger partial charge in [-0.3, -0.25) is 9.59 Å². The molecule has 0 radical (unpaired) electrons. The van der Waals surface area contributed by atoms with Gasteiger partial charge in [-0.05, 0) is 43.2 Å². The molecule has 7 heteroatoms. The number of rotatable bonds is 8. The fraction of sp³-hybridized carbons (Fsp3) is 0.227. The summed E-state index contributed by atoms with van der Waals surface area (Å²) in [5.74, 6) is -0.107. The first-order chi connectivity index (χ1) is 14.0. The van der Waals surface area contributed by atoms with E-state index in [0.29, 0.717) is 11.6 Å². The largest absolute Gasteiger partial charge is 0.326 e. The molecule has 1 aromatic heterocycles. The lowest BCUT2D eigenvalue weighted by Crippen LogP contribution is -2.19. The van der Waals surface area contributed by atoms with Crippen molar-refractivity contribution in [2.45, 2.75) is 36.8 Å². The van der Waals surface area contributed by atoms with Gasteiger partial charge in [0.25, 0.3) is 0 Å². The summed E-state index contributed by atoms with van der Waals surface area (Å²) >= 11 is 2.88. The van der Waals surface area contributed by atoms with Gasteiger partial charge in [-0.15, -0.1) is 23.1 Å². The number of carbonyl (C=O) groups is 2. The third-order valence-corrected chi connectivity index (χ3v) is 6.20. The van der Waals surface area contributed by atoms with Crippen molar-refractivity contribution < 1.29 is 9.59 Å². The maximum absolute atomic E-state index is 13.0. The van der Waals surface area contributed by atoms with Crippen molar-refractivity contribution in [1.82, 2.24) is 4.98 Å². The third-order valence-electron chi connectivity index (χ3n) is 4.06. The van der Waals surface area contributed by atoms with Crippen LogP contribution < -0.4 is 10.6 Å². The van der Waals surface area contributed by atoms with Crippen LogP contribution in [0.3, 0.4) is 0 Å². The summed E-state index contributed by atoms with van der Waals surface area (Å²) in [7, 11) is 0. The van der Waals surface area contributed by atoms with Crippen LogP contribution in [0.1, 0.15) is 36.3 Å². The molecule has 29 heavy (non-hydrogen) atoms. The lowest BCUT2D eigenvalue weighted by Gasteiger charge is -2.16. The number of anilines is 2. The second-order valence-corrected chi connectivity index (χ2v) is 8.55. The Morgan fingerprint density at radius 1 is 1.07 bits per heavy atom. The first kappa shape index (κ1) is 21.1. The summed E-state index contributed by atoms with van der Waals surface area (Å²) in [6, 6.07) is 17.2. The van der Waals surface area contributed by atoms with E-state index in [1.807, 2.05) is 73.8 Å². The van der Waals surface area contributed by atoms with Crippen LogP contribution in [-0.4, -0.2) is 16.8 Å². The SMILES string of the molecule is CCCC(=O)Nc1ccc(SC(C(=O)Nc2nc(C)cs2)c2ccccc2)cc1. The van der Waals surface area contributed by atoms with Crippen molar-refractivity contribution in [3.8, 4) is 0 Å². The summed E-state index contributed by atoms with van der Waals surface area (Å²) in [4.78, 5) is 30.0. The Hall–Kier alpha value is -2.64. The average molecular weight is 426 g/mol. The molecule has 0 saturated heterocycles. The molecule has 2 N–H and O–H groups in total. The number of thiazole rings is 1. The van der Waals surface area contributed by atoms with Gasteiger partial charge >= 0.3 is 0 Å². The van der Waals surface area contributed by atoms with Gasteiger partial charge in [-0.1, -0.05) is 37.3 Å². The topological polar surface area (TPSA) is 71.1 Å². The standard InChI is InChI=1S/C22H23N3O2S2/c1-3-7-19(26)24-17-10-12-18(13-11-17)29-20(16-8-5-4-6-9-16)21(27)25-22-23-15(2)14-28-22/h4-6,8-14,20H,3,7H2,1-2H3,(H,24,26)(H,23,25,27). The molecule has 1 atom stereocenters. The quantitative estimate of drug-likeness (QED) is 0.457. The summed E-state index contributed by atoms with van der Waals surface area (Å²) in [6.45, 7) is 3.87. The zero-order valence-electron chi connectivity index (χ0n) is 16.3. The molecule has 0 aliphatic carbocycles. The molecule has 1 heterocycles. The lowest BCUT2D eigenvalue weighted by atomic mass is 10.1. The van der Waals surface area contributed by atoms with Gasteiger partial charge in [0.1, 0.15) is 5.25 Å². The van der Waals surface area contributed by atoms with Crippen LogP contribution in [0.5, 0.6) is 0 Å². The van der Waals surface area contributed by atoms with Crippen LogP contribution >= 0.6 is 23.1 Å². The van der Waals surface area contributed by atoms with Gasteiger partial charge in [-0.25, -0.2) is 4.98 Å². The Bertz CT molecular complexity index is 956. The van der Waals surface area contributed by atoms with E-state index in [9.17, 15) is 9.59 Å². The zero-order valence-corrected chi connectivity index (χ0v) is 18.0. The van der Waals surface area contributed by atoms with Gasteiger partial charge in [0.15, 0.2) is 5.13 Å². The minimum atomic E-state index is -0.416. The Balaban J connectivity index is 1.74.